The molecule has 1 aromatic heterocycles. The summed E-state index contributed by atoms with van der Waals surface area (Å²) in [6.45, 7) is 11.9. The zero-order chi connectivity index (χ0) is 16.0. The molecule has 5 nitrogen and oxygen atoms in total. The molecular weight excluding hydrogens is 268 g/mol. The fraction of sp³-hybridized carbons (Fsp3) is 0.750. The predicted octanol–water partition coefficient (Wildman–Crippen LogP) is 2.94. The van der Waals surface area contributed by atoms with Gasteiger partial charge in [0.05, 0.1) is 12.3 Å². The summed E-state index contributed by atoms with van der Waals surface area (Å²) in [6.07, 6.45) is 1.02. The third-order valence-corrected chi connectivity index (χ3v) is 3.16. The van der Waals surface area contributed by atoms with Crippen LogP contribution in [-0.4, -0.2) is 35.6 Å². The number of carbonyl (C=O) groups is 1. The molecule has 0 radical (unpaired) electrons. The number of nitrogens with zero attached hydrogens (tertiary/aromatic N) is 2. The molecule has 120 valence electrons. The van der Waals surface area contributed by atoms with E-state index in [1.807, 2.05) is 0 Å². The second kappa shape index (κ2) is 7.59. The monoisotopic (exact) mass is 296 g/mol. The van der Waals surface area contributed by atoms with E-state index in [4.69, 9.17) is 9.47 Å². The topological polar surface area (TPSA) is 53.4 Å². The molecule has 0 N–H and O–H groups in total. The first kappa shape index (κ1) is 17.7. The summed E-state index contributed by atoms with van der Waals surface area (Å²) < 4.78 is 12.2. The van der Waals surface area contributed by atoms with E-state index in [2.05, 4.69) is 39.7 Å². The molecule has 5 heteroatoms. The van der Waals surface area contributed by atoms with Gasteiger partial charge in [-0.1, -0.05) is 34.6 Å². The largest absolute Gasteiger partial charge is 0.459 e. The van der Waals surface area contributed by atoms with Crippen molar-refractivity contribution < 1.29 is 14.3 Å². The van der Waals surface area contributed by atoms with Gasteiger partial charge in [-0.15, -0.1) is 0 Å². The first-order chi connectivity index (χ1) is 9.71. The van der Waals surface area contributed by atoms with Crippen molar-refractivity contribution in [3.63, 3.8) is 0 Å². The standard InChI is InChI=1S/C16H28N2O3/c1-12(2)7-8-20-9-10-21-15(19)13-11-14(16(3,4)5)17-18(13)6/h11-12H,7-10H2,1-6H3. The van der Waals surface area contributed by atoms with E-state index in [0.717, 1.165) is 12.1 Å². The van der Waals surface area contributed by atoms with Crippen LogP contribution >= 0.6 is 0 Å². The van der Waals surface area contributed by atoms with Crippen LogP contribution in [0.5, 0.6) is 0 Å². The van der Waals surface area contributed by atoms with Gasteiger partial charge in [-0.25, -0.2) is 4.79 Å². The van der Waals surface area contributed by atoms with E-state index in [9.17, 15) is 4.79 Å². The lowest BCUT2D eigenvalue weighted by Gasteiger charge is -2.13. The number of aryl methyl sites for hydroxylation is 1. The molecule has 0 fully saturated rings. The fourth-order valence-corrected chi connectivity index (χ4v) is 1.71. The van der Waals surface area contributed by atoms with Crippen LogP contribution in [-0.2, 0) is 21.9 Å². The maximum atomic E-state index is 12.0. The van der Waals surface area contributed by atoms with Gasteiger partial charge in [0.2, 0.25) is 0 Å². The Balaban J connectivity index is 2.41. The Kier molecular flexibility index (Phi) is 6.40. The van der Waals surface area contributed by atoms with E-state index in [-0.39, 0.29) is 18.0 Å². The van der Waals surface area contributed by atoms with E-state index in [1.165, 1.54) is 0 Å². The molecule has 21 heavy (non-hydrogen) atoms. The molecule has 1 heterocycles. The molecule has 0 saturated carbocycles. The molecule has 0 bridgehead atoms. The average Bonchev–Trinajstić information content (AvgIpc) is 2.75. The second-order valence-electron chi connectivity index (χ2n) is 6.72. The van der Waals surface area contributed by atoms with Crippen LogP contribution in [0.3, 0.4) is 0 Å². The molecule has 0 aliphatic rings. The SMILES string of the molecule is CC(C)CCOCCOC(=O)c1cc(C(C)(C)C)nn1C. The summed E-state index contributed by atoms with van der Waals surface area (Å²) in [4.78, 5) is 12.0. The molecule has 0 aliphatic carbocycles. The molecule has 0 saturated heterocycles. The van der Waals surface area contributed by atoms with E-state index in [1.54, 1.807) is 17.8 Å². The van der Waals surface area contributed by atoms with Crippen molar-refractivity contribution in [1.82, 2.24) is 9.78 Å². The van der Waals surface area contributed by atoms with Crippen molar-refractivity contribution in [3.8, 4) is 0 Å². The van der Waals surface area contributed by atoms with E-state index < -0.39 is 0 Å². The average molecular weight is 296 g/mol. The lowest BCUT2D eigenvalue weighted by Crippen LogP contribution is -2.14. The van der Waals surface area contributed by atoms with Gasteiger partial charge in [-0.2, -0.15) is 5.10 Å². The minimum Gasteiger partial charge on any atom is -0.459 e. The third kappa shape index (κ3) is 5.87. The maximum Gasteiger partial charge on any atom is 0.356 e. The first-order valence-electron chi connectivity index (χ1n) is 7.51. The summed E-state index contributed by atoms with van der Waals surface area (Å²) in [6, 6.07) is 1.79. The van der Waals surface area contributed by atoms with Crippen molar-refractivity contribution in [2.45, 2.75) is 46.5 Å². The van der Waals surface area contributed by atoms with Crippen molar-refractivity contribution in [2.75, 3.05) is 19.8 Å². The van der Waals surface area contributed by atoms with Gasteiger partial charge in [0, 0.05) is 19.1 Å². The zero-order valence-corrected chi connectivity index (χ0v) is 14.1. The lowest BCUT2D eigenvalue weighted by molar-refractivity contribution is 0.0293. The molecule has 0 unspecified atom stereocenters. The number of ether oxygens (including phenoxy) is 2. The number of rotatable bonds is 7. The Morgan fingerprint density at radius 2 is 1.95 bits per heavy atom. The Morgan fingerprint density at radius 1 is 1.29 bits per heavy atom. The van der Waals surface area contributed by atoms with Gasteiger partial charge >= 0.3 is 5.97 Å². The van der Waals surface area contributed by atoms with Gasteiger partial charge in [0.1, 0.15) is 12.3 Å². The fourth-order valence-electron chi connectivity index (χ4n) is 1.71. The molecule has 0 spiro atoms. The van der Waals surface area contributed by atoms with Gasteiger partial charge in [0.15, 0.2) is 0 Å². The zero-order valence-electron chi connectivity index (χ0n) is 14.1. The Morgan fingerprint density at radius 3 is 2.48 bits per heavy atom. The van der Waals surface area contributed by atoms with Gasteiger partial charge in [-0.3, -0.25) is 4.68 Å². The molecular formula is C16H28N2O3. The highest BCUT2D eigenvalue weighted by Crippen LogP contribution is 2.21. The quantitative estimate of drug-likeness (QED) is 0.573. The Labute approximate surface area is 127 Å². The number of carbonyl (C=O) groups excluding carboxylic acids is 1. The second-order valence-corrected chi connectivity index (χ2v) is 6.72. The molecule has 1 aromatic rings. The van der Waals surface area contributed by atoms with Crippen LogP contribution in [0, 0.1) is 5.92 Å². The van der Waals surface area contributed by atoms with Crippen LogP contribution in [0.15, 0.2) is 6.07 Å². The highest BCUT2D eigenvalue weighted by atomic mass is 16.6. The van der Waals surface area contributed by atoms with Crippen LogP contribution in [0.25, 0.3) is 0 Å². The lowest BCUT2D eigenvalue weighted by atomic mass is 9.92. The smallest absolute Gasteiger partial charge is 0.356 e. The minimum atomic E-state index is -0.354. The van der Waals surface area contributed by atoms with E-state index >= 15 is 0 Å². The number of hydrogen-bond acceptors (Lipinski definition) is 4. The normalized spacial score (nSPS) is 12.0. The van der Waals surface area contributed by atoms with Gasteiger partial charge < -0.3 is 9.47 Å². The molecule has 1 rings (SSSR count). The predicted molar refractivity (Wildman–Crippen MR) is 82.5 cm³/mol. The van der Waals surface area contributed by atoms with Crippen molar-refractivity contribution in [3.05, 3.63) is 17.5 Å². The van der Waals surface area contributed by atoms with Crippen molar-refractivity contribution >= 4 is 5.97 Å². The Hall–Kier alpha value is -1.36. The number of esters is 1. The molecule has 0 aromatic carbocycles. The summed E-state index contributed by atoms with van der Waals surface area (Å²) in [5.74, 6) is 0.269. The summed E-state index contributed by atoms with van der Waals surface area (Å²) in [7, 11) is 1.75. The van der Waals surface area contributed by atoms with Crippen LogP contribution in [0.2, 0.25) is 0 Å². The molecule has 0 atom stereocenters. The number of aromatic nitrogens is 2. The first-order valence-corrected chi connectivity index (χ1v) is 7.51. The van der Waals surface area contributed by atoms with Crippen LogP contribution < -0.4 is 0 Å². The Bertz CT molecular complexity index is 459. The highest BCUT2D eigenvalue weighted by Gasteiger charge is 2.22. The maximum absolute atomic E-state index is 12.0. The van der Waals surface area contributed by atoms with Crippen molar-refractivity contribution in [2.24, 2.45) is 13.0 Å². The van der Waals surface area contributed by atoms with Crippen LogP contribution in [0.1, 0.15) is 57.2 Å². The van der Waals surface area contributed by atoms with Gasteiger partial charge in [-0.05, 0) is 18.4 Å². The summed E-state index contributed by atoms with van der Waals surface area (Å²) in [5.41, 5.74) is 1.27. The summed E-state index contributed by atoms with van der Waals surface area (Å²) in [5, 5.41) is 4.36. The van der Waals surface area contributed by atoms with Crippen molar-refractivity contribution in [1.29, 1.82) is 0 Å². The number of hydrogen-bond donors (Lipinski definition) is 0. The molecule has 0 aliphatic heterocycles. The van der Waals surface area contributed by atoms with Crippen LogP contribution in [0.4, 0.5) is 0 Å². The molecule has 0 amide bonds. The minimum absolute atomic E-state index is 0.0871. The van der Waals surface area contributed by atoms with Gasteiger partial charge in [0.25, 0.3) is 0 Å². The third-order valence-electron chi connectivity index (χ3n) is 3.16. The highest BCUT2D eigenvalue weighted by molar-refractivity contribution is 5.87. The van der Waals surface area contributed by atoms with E-state index in [0.29, 0.717) is 24.8 Å². The summed E-state index contributed by atoms with van der Waals surface area (Å²) >= 11 is 0.